The topological polar surface area (TPSA) is 58.7 Å². The van der Waals surface area contributed by atoms with Gasteiger partial charge in [-0.25, -0.2) is 0 Å². The van der Waals surface area contributed by atoms with Crippen molar-refractivity contribution in [3.63, 3.8) is 0 Å². The number of nitrogens with two attached hydrogens (primary N) is 1. The number of primary amides is 1. The molecule has 24 heavy (non-hydrogen) atoms. The van der Waals surface area contributed by atoms with Crippen molar-refractivity contribution in [2.45, 2.75) is 6.04 Å². The number of hydrogen-bond donors (Lipinski definition) is 1. The number of benzene rings is 2. The number of nitrogens with zero attached hydrogens (tertiary/aromatic N) is 2. The number of rotatable bonds is 3. The molecule has 0 saturated heterocycles. The predicted octanol–water partition coefficient (Wildman–Crippen LogP) is 2.32. The van der Waals surface area contributed by atoms with Crippen molar-refractivity contribution in [3.05, 3.63) is 83.0 Å². The van der Waals surface area contributed by atoms with E-state index in [-0.39, 0.29) is 37.2 Å². The number of amides is 1. The van der Waals surface area contributed by atoms with Crippen LogP contribution in [0.15, 0.2) is 72.0 Å². The Bertz CT molecular complexity index is 809. The minimum Gasteiger partial charge on any atom is -0.368 e. The van der Waals surface area contributed by atoms with Crippen LogP contribution in [-0.4, -0.2) is 10.9 Å². The lowest BCUT2D eigenvalue weighted by Gasteiger charge is -2.23. The Balaban J connectivity index is 0.00000176. The number of hydrogen-bond acceptors (Lipinski definition) is 3. The monoisotopic (exact) mass is 385 g/mol. The lowest BCUT2D eigenvalue weighted by Crippen LogP contribution is -2.34. The average Bonchev–Trinajstić information content (AvgIpc) is 2.70. The van der Waals surface area contributed by atoms with E-state index in [0.29, 0.717) is 0 Å². The first kappa shape index (κ1) is 22.0. The molecule has 4 nitrogen and oxygen atoms in total. The molecule has 0 bridgehead atoms. The summed E-state index contributed by atoms with van der Waals surface area (Å²) in [6, 6.07) is 16.6. The highest BCUT2D eigenvalue weighted by molar-refractivity contribution is 5.86. The molecule has 1 heterocycles. The molecule has 128 valence electrons. The second-order valence-electron chi connectivity index (χ2n) is 4.76. The highest BCUT2D eigenvalue weighted by Gasteiger charge is 2.23. The van der Waals surface area contributed by atoms with Crippen molar-refractivity contribution in [1.29, 1.82) is 0 Å². The maximum Gasteiger partial charge on any atom is 0.246 e. The molecule has 0 radical (unpaired) electrons. The van der Waals surface area contributed by atoms with Crippen LogP contribution in [0.4, 0.5) is 0 Å². The molecule has 2 aromatic rings. The van der Waals surface area contributed by atoms with E-state index < -0.39 is 11.9 Å². The Kier molecular flexibility index (Phi) is 9.14. The third-order valence-corrected chi connectivity index (χ3v) is 3.32. The molecule has 1 aliphatic heterocycles. The number of halogens is 3. The van der Waals surface area contributed by atoms with Gasteiger partial charge in [0.05, 0.1) is 5.36 Å². The highest BCUT2D eigenvalue weighted by Crippen LogP contribution is 2.21. The number of allylic oxidation sites excluding steroid dienone is 1. The van der Waals surface area contributed by atoms with Gasteiger partial charge < -0.3 is 5.73 Å². The third kappa shape index (κ3) is 4.74. The molecule has 7 heteroatoms. The molecule has 3 rings (SSSR count). The predicted molar refractivity (Wildman–Crippen MR) is 103 cm³/mol. The fourth-order valence-electron chi connectivity index (χ4n) is 2.34. The Morgan fingerprint density at radius 1 is 0.958 bits per heavy atom. The minimum absolute atomic E-state index is 0. The van der Waals surface area contributed by atoms with E-state index in [1.54, 1.807) is 11.2 Å². The van der Waals surface area contributed by atoms with Gasteiger partial charge >= 0.3 is 0 Å². The van der Waals surface area contributed by atoms with Gasteiger partial charge in [-0.15, -0.1) is 37.2 Å². The zero-order valence-corrected chi connectivity index (χ0v) is 15.1. The molecule has 2 aromatic carbocycles. The van der Waals surface area contributed by atoms with Crippen molar-refractivity contribution < 1.29 is 4.79 Å². The fourth-order valence-corrected chi connectivity index (χ4v) is 2.34. The van der Waals surface area contributed by atoms with E-state index in [9.17, 15) is 4.79 Å². The smallest absolute Gasteiger partial charge is 0.246 e. The van der Waals surface area contributed by atoms with E-state index in [0.717, 1.165) is 16.1 Å². The summed E-state index contributed by atoms with van der Waals surface area (Å²) < 4.78 is 0. The molecule has 1 amide bonds. The zero-order chi connectivity index (χ0) is 14.7. The number of carbonyl (C=O) groups is 1. The Hall–Kier alpha value is -2.01. The maximum absolute atomic E-state index is 11.9. The van der Waals surface area contributed by atoms with Crippen LogP contribution >= 0.6 is 37.2 Å². The van der Waals surface area contributed by atoms with Crippen molar-refractivity contribution in [3.8, 4) is 0 Å². The van der Waals surface area contributed by atoms with Crippen molar-refractivity contribution in [1.82, 2.24) is 5.01 Å². The van der Waals surface area contributed by atoms with E-state index in [4.69, 9.17) is 5.73 Å². The first-order chi connectivity index (χ1) is 10.3. The lowest BCUT2D eigenvalue weighted by atomic mass is 10.1. The summed E-state index contributed by atoms with van der Waals surface area (Å²) in [6.45, 7) is 0. The first-order valence-corrected chi connectivity index (χ1v) is 6.70. The van der Waals surface area contributed by atoms with Crippen LogP contribution in [0, 0.1) is 0 Å². The van der Waals surface area contributed by atoms with Crippen LogP contribution in [0.1, 0.15) is 11.6 Å². The maximum atomic E-state index is 11.9. The van der Waals surface area contributed by atoms with Crippen LogP contribution in [0.2, 0.25) is 0 Å². The van der Waals surface area contributed by atoms with Crippen molar-refractivity contribution in [2.75, 3.05) is 0 Å². The SMILES string of the molecule is Cl.Cl.Cl.NC(=O)C(c1ccccc1)N1C=CC=c2ccccc2=N1. The summed E-state index contributed by atoms with van der Waals surface area (Å²) in [4.78, 5) is 11.9. The van der Waals surface area contributed by atoms with Crippen LogP contribution in [-0.2, 0) is 4.79 Å². The van der Waals surface area contributed by atoms with E-state index in [1.807, 2.05) is 66.7 Å². The molecule has 0 aromatic heterocycles. The van der Waals surface area contributed by atoms with Gasteiger partial charge in [-0.2, -0.15) is 5.10 Å². The van der Waals surface area contributed by atoms with Gasteiger partial charge in [-0.3, -0.25) is 9.80 Å². The standard InChI is InChI=1S/C17H15N3O.3ClH/c18-17(21)16(14-8-2-1-3-9-14)20-12-6-10-13-7-4-5-11-15(13)19-20;;;/h1-12,16H,(H2,18,21);3*1H. The van der Waals surface area contributed by atoms with Crippen LogP contribution in [0.5, 0.6) is 0 Å². The Morgan fingerprint density at radius 3 is 2.25 bits per heavy atom. The molecule has 0 saturated carbocycles. The van der Waals surface area contributed by atoms with Crippen molar-refractivity contribution in [2.24, 2.45) is 10.8 Å². The van der Waals surface area contributed by atoms with E-state index >= 15 is 0 Å². The Labute approximate surface area is 159 Å². The second kappa shape index (κ2) is 9.98. The molecule has 1 atom stereocenters. The minimum atomic E-state index is -0.623. The summed E-state index contributed by atoms with van der Waals surface area (Å²) in [6.07, 6.45) is 5.60. The van der Waals surface area contributed by atoms with Crippen LogP contribution in [0.3, 0.4) is 0 Å². The van der Waals surface area contributed by atoms with Gasteiger partial charge in [0.2, 0.25) is 5.91 Å². The van der Waals surface area contributed by atoms with Gasteiger partial charge in [-0.1, -0.05) is 54.6 Å². The van der Waals surface area contributed by atoms with Gasteiger partial charge in [0, 0.05) is 11.4 Å². The summed E-state index contributed by atoms with van der Waals surface area (Å²) in [7, 11) is 0. The molecular formula is C17H18Cl3N3O. The normalized spacial score (nSPS) is 12.6. The van der Waals surface area contributed by atoms with E-state index in [1.165, 1.54) is 0 Å². The number of fused-ring (bicyclic) bond motifs is 1. The fraction of sp³-hybridized carbons (Fsp3) is 0.0588. The second-order valence-corrected chi connectivity index (χ2v) is 4.76. The van der Waals surface area contributed by atoms with Gasteiger partial charge in [0.25, 0.3) is 0 Å². The quantitative estimate of drug-likeness (QED) is 0.880. The Morgan fingerprint density at radius 2 is 1.58 bits per heavy atom. The molecular weight excluding hydrogens is 369 g/mol. The molecule has 1 aliphatic rings. The summed E-state index contributed by atoms with van der Waals surface area (Å²) >= 11 is 0. The van der Waals surface area contributed by atoms with E-state index in [2.05, 4.69) is 5.10 Å². The molecule has 0 spiro atoms. The number of carbonyl (C=O) groups excluding carboxylic acids is 1. The van der Waals surface area contributed by atoms with Crippen molar-refractivity contribution >= 4 is 49.2 Å². The first-order valence-electron chi connectivity index (χ1n) is 6.70. The molecule has 2 N–H and O–H groups in total. The summed E-state index contributed by atoms with van der Waals surface area (Å²) in [5.41, 5.74) is 6.40. The molecule has 0 aliphatic carbocycles. The lowest BCUT2D eigenvalue weighted by molar-refractivity contribution is -0.122. The van der Waals surface area contributed by atoms with Crippen LogP contribution in [0.25, 0.3) is 6.08 Å². The third-order valence-electron chi connectivity index (χ3n) is 3.32. The van der Waals surface area contributed by atoms with Gasteiger partial charge in [0.1, 0.15) is 0 Å². The molecule has 0 fully saturated rings. The van der Waals surface area contributed by atoms with Crippen LogP contribution < -0.4 is 16.3 Å². The van der Waals surface area contributed by atoms with Gasteiger partial charge in [-0.05, 0) is 17.7 Å². The largest absolute Gasteiger partial charge is 0.368 e. The average molecular weight is 387 g/mol. The highest BCUT2D eigenvalue weighted by atomic mass is 35.5. The zero-order valence-electron chi connectivity index (χ0n) is 12.6. The van der Waals surface area contributed by atoms with Gasteiger partial charge in [0.15, 0.2) is 6.04 Å². The summed E-state index contributed by atoms with van der Waals surface area (Å²) in [5.74, 6) is -0.436. The molecule has 1 unspecified atom stereocenters. The summed E-state index contributed by atoms with van der Waals surface area (Å²) in [5, 5.41) is 7.98.